The van der Waals surface area contributed by atoms with Gasteiger partial charge in [0.25, 0.3) is 5.56 Å². The number of carbonyl (C=O) groups excluding carboxylic acids is 1. The summed E-state index contributed by atoms with van der Waals surface area (Å²) in [6.45, 7) is 0.499. The molecule has 2 bridgehead atoms. The number of pyridine rings is 1. The van der Waals surface area contributed by atoms with Gasteiger partial charge in [0.2, 0.25) is 5.91 Å². The molecule has 3 aromatic rings. The van der Waals surface area contributed by atoms with Crippen LogP contribution in [-0.2, 0) is 11.3 Å². The van der Waals surface area contributed by atoms with Crippen molar-refractivity contribution in [1.82, 2.24) is 4.57 Å². The van der Waals surface area contributed by atoms with Crippen LogP contribution in [0.25, 0.3) is 10.8 Å². The van der Waals surface area contributed by atoms with Gasteiger partial charge in [-0.1, -0.05) is 36.4 Å². The van der Waals surface area contributed by atoms with Crippen molar-refractivity contribution >= 4 is 22.4 Å². The van der Waals surface area contributed by atoms with E-state index < -0.39 is 11.1 Å². The molecule has 1 aromatic heterocycles. The lowest BCUT2D eigenvalue weighted by Gasteiger charge is -2.69. The molecule has 2 aromatic carbocycles. The van der Waals surface area contributed by atoms with Gasteiger partial charge in [0.05, 0.1) is 12.0 Å². The molecule has 1 N–H and O–H groups in total. The van der Waals surface area contributed by atoms with E-state index >= 15 is 4.39 Å². The quantitative estimate of drug-likeness (QED) is 0.642. The smallest absolute Gasteiger partial charge is 0.258 e. The van der Waals surface area contributed by atoms with E-state index in [9.17, 15) is 9.59 Å². The van der Waals surface area contributed by atoms with Gasteiger partial charge in [0.15, 0.2) is 0 Å². The van der Waals surface area contributed by atoms with Crippen LogP contribution < -0.4 is 10.9 Å². The molecule has 0 aliphatic heterocycles. The number of carbonyl (C=O) groups is 1. The van der Waals surface area contributed by atoms with Crippen LogP contribution in [0.15, 0.2) is 65.6 Å². The summed E-state index contributed by atoms with van der Waals surface area (Å²) in [5.41, 5.74) is -0.292. The van der Waals surface area contributed by atoms with Crippen molar-refractivity contribution in [2.75, 3.05) is 5.32 Å². The topological polar surface area (TPSA) is 51.1 Å². The minimum absolute atomic E-state index is 0.0626. The van der Waals surface area contributed by atoms with Gasteiger partial charge in [0, 0.05) is 28.1 Å². The Hall–Kier alpha value is -2.95. The standard InChI is InChI=1S/C27H25FN2O2/c28-26-13-19-11-18-12-25(15-26,16-27(18,19)26)24(32)29-22-8-4-7-21-20(22)9-10-30(23(21)31)14-17-5-2-1-3-6-17/h1-10,18-19H,11-16H2,(H,29,32). The van der Waals surface area contributed by atoms with Crippen LogP contribution in [0.4, 0.5) is 10.1 Å². The van der Waals surface area contributed by atoms with Crippen LogP contribution in [0, 0.1) is 22.7 Å². The summed E-state index contributed by atoms with van der Waals surface area (Å²) >= 11 is 0. The minimum Gasteiger partial charge on any atom is -0.325 e. The first kappa shape index (κ1) is 18.6. The van der Waals surface area contributed by atoms with Crippen molar-refractivity contribution < 1.29 is 9.18 Å². The third-order valence-corrected chi connectivity index (χ3v) is 9.26. The number of halogens is 1. The number of amides is 1. The first-order valence-corrected chi connectivity index (χ1v) is 11.6. The van der Waals surface area contributed by atoms with Crippen LogP contribution in [0.2, 0.25) is 0 Å². The van der Waals surface area contributed by atoms with Crippen molar-refractivity contribution in [3.05, 3.63) is 76.7 Å². The van der Waals surface area contributed by atoms with E-state index in [1.54, 1.807) is 16.8 Å². The molecule has 4 aliphatic rings. The number of nitrogens with zero attached hydrogens (tertiary/aromatic N) is 1. The van der Waals surface area contributed by atoms with Crippen LogP contribution in [0.1, 0.15) is 37.7 Å². The Morgan fingerprint density at radius 3 is 2.56 bits per heavy atom. The second-order valence-electron chi connectivity index (χ2n) is 10.6. The van der Waals surface area contributed by atoms with Gasteiger partial charge in [-0.25, -0.2) is 4.39 Å². The number of nitrogens with one attached hydrogen (secondary N) is 1. The van der Waals surface area contributed by atoms with E-state index in [-0.39, 0.29) is 16.9 Å². The molecule has 4 aliphatic carbocycles. The molecule has 32 heavy (non-hydrogen) atoms. The average molecular weight is 429 g/mol. The first-order chi connectivity index (χ1) is 15.4. The Morgan fingerprint density at radius 1 is 1.00 bits per heavy atom. The maximum Gasteiger partial charge on any atom is 0.258 e. The SMILES string of the molecule is O=C(Nc1cccc2c(=O)n(Cc3ccccc3)ccc12)C12CC3CC4CC(F)(C1)C34C2. The molecule has 162 valence electrons. The van der Waals surface area contributed by atoms with Crippen LogP contribution in [0.3, 0.4) is 0 Å². The zero-order valence-corrected chi connectivity index (χ0v) is 17.8. The molecule has 0 radical (unpaired) electrons. The van der Waals surface area contributed by atoms with Gasteiger partial charge in [-0.15, -0.1) is 0 Å². The molecule has 4 nitrogen and oxygen atoms in total. The number of anilines is 1. The maximum atomic E-state index is 15.5. The number of hydrogen-bond donors (Lipinski definition) is 1. The van der Waals surface area contributed by atoms with Crippen molar-refractivity contribution in [1.29, 1.82) is 0 Å². The van der Waals surface area contributed by atoms with Crippen LogP contribution in [-0.4, -0.2) is 16.1 Å². The van der Waals surface area contributed by atoms with Crippen molar-refractivity contribution in [3.63, 3.8) is 0 Å². The maximum absolute atomic E-state index is 15.5. The third-order valence-electron chi connectivity index (χ3n) is 9.26. The lowest BCUT2D eigenvalue weighted by Crippen LogP contribution is -2.69. The summed E-state index contributed by atoms with van der Waals surface area (Å²) in [6.07, 6.45) is 5.41. The largest absolute Gasteiger partial charge is 0.325 e. The van der Waals surface area contributed by atoms with E-state index in [0.717, 1.165) is 23.8 Å². The van der Waals surface area contributed by atoms with Crippen molar-refractivity contribution in [2.45, 2.75) is 44.3 Å². The predicted octanol–water partition coefficient (Wildman–Crippen LogP) is 4.91. The van der Waals surface area contributed by atoms with Gasteiger partial charge in [0.1, 0.15) is 5.67 Å². The zero-order valence-electron chi connectivity index (χ0n) is 17.8. The number of alkyl halides is 1. The monoisotopic (exact) mass is 428 g/mol. The van der Waals surface area contributed by atoms with E-state index in [0.29, 0.717) is 48.7 Å². The number of hydrogen-bond acceptors (Lipinski definition) is 2. The molecule has 7 rings (SSSR count). The van der Waals surface area contributed by atoms with Gasteiger partial charge in [-0.3, -0.25) is 9.59 Å². The molecule has 1 amide bonds. The highest BCUT2D eigenvalue weighted by molar-refractivity contribution is 6.04. The van der Waals surface area contributed by atoms with Gasteiger partial charge < -0.3 is 9.88 Å². The molecular weight excluding hydrogens is 403 g/mol. The summed E-state index contributed by atoms with van der Waals surface area (Å²) in [6, 6.07) is 17.2. The van der Waals surface area contributed by atoms with Gasteiger partial charge in [-0.05, 0) is 67.7 Å². The van der Waals surface area contributed by atoms with Crippen molar-refractivity contribution in [2.24, 2.45) is 22.7 Å². The van der Waals surface area contributed by atoms with Crippen LogP contribution >= 0.6 is 0 Å². The fourth-order valence-corrected chi connectivity index (χ4v) is 7.95. The average Bonchev–Trinajstić information content (AvgIpc) is 3.22. The highest BCUT2D eigenvalue weighted by Crippen LogP contribution is 2.87. The van der Waals surface area contributed by atoms with Gasteiger partial charge in [-0.2, -0.15) is 0 Å². The van der Waals surface area contributed by atoms with Crippen LogP contribution in [0.5, 0.6) is 0 Å². The molecule has 0 saturated heterocycles. The number of fused-ring (bicyclic) bond motifs is 2. The lowest BCUT2D eigenvalue weighted by molar-refractivity contribution is -0.250. The molecule has 4 saturated carbocycles. The molecule has 4 fully saturated rings. The summed E-state index contributed by atoms with van der Waals surface area (Å²) in [5, 5.41) is 4.43. The summed E-state index contributed by atoms with van der Waals surface area (Å²) in [7, 11) is 0. The highest BCUT2D eigenvalue weighted by Gasteiger charge is 2.86. The first-order valence-electron chi connectivity index (χ1n) is 11.6. The second-order valence-corrected chi connectivity index (χ2v) is 10.6. The molecule has 1 spiro atoms. The number of aromatic nitrogens is 1. The molecule has 1 heterocycles. The van der Waals surface area contributed by atoms with E-state index in [1.165, 1.54) is 0 Å². The van der Waals surface area contributed by atoms with E-state index in [1.807, 2.05) is 48.5 Å². The highest BCUT2D eigenvalue weighted by atomic mass is 19.1. The van der Waals surface area contributed by atoms with E-state index in [2.05, 4.69) is 5.32 Å². The lowest BCUT2D eigenvalue weighted by atomic mass is 9.37. The Kier molecular flexibility index (Phi) is 3.42. The van der Waals surface area contributed by atoms with Gasteiger partial charge >= 0.3 is 0 Å². The Bertz CT molecular complexity index is 1350. The molecule has 5 atom stereocenters. The predicted molar refractivity (Wildman–Crippen MR) is 121 cm³/mol. The van der Waals surface area contributed by atoms with Crippen molar-refractivity contribution in [3.8, 4) is 0 Å². The fraction of sp³-hybridized carbons (Fsp3) is 0.407. The molecule has 5 heteroatoms. The Balaban J connectivity index is 1.21. The Morgan fingerprint density at radius 2 is 1.81 bits per heavy atom. The molecular formula is C27H25FN2O2. The summed E-state index contributed by atoms with van der Waals surface area (Å²) in [5.74, 6) is 0.811. The van der Waals surface area contributed by atoms with E-state index in [4.69, 9.17) is 0 Å². The number of rotatable bonds is 4. The normalized spacial score (nSPS) is 35.8. The Labute approximate surface area is 185 Å². The molecule has 5 unspecified atom stereocenters. The zero-order chi connectivity index (χ0) is 21.7. The fourth-order valence-electron chi connectivity index (χ4n) is 7.95. The minimum atomic E-state index is -1.12. The second kappa shape index (κ2) is 5.89. The summed E-state index contributed by atoms with van der Waals surface area (Å²) < 4.78 is 17.2. The third kappa shape index (κ3) is 2.12. The number of benzene rings is 2. The summed E-state index contributed by atoms with van der Waals surface area (Å²) in [4.78, 5) is 26.6.